The topological polar surface area (TPSA) is 67.2 Å². The number of thiocarbonyl (C=S) groups is 1. The average molecular weight is 263 g/mol. The number of nitrogens with two attached hydrogens (primary N) is 1. The number of nitrogens with one attached hydrogen (secondary N) is 2. The van der Waals surface area contributed by atoms with E-state index in [1.165, 1.54) is 0 Å². The van der Waals surface area contributed by atoms with E-state index in [2.05, 4.69) is 10.6 Å². The molecule has 0 bridgehead atoms. The van der Waals surface area contributed by atoms with Gasteiger partial charge in [-0.15, -0.1) is 0 Å². The molecule has 4 N–H and O–H groups in total. The fourth-order valence-corrected chi connectivity index (χ4v) is 2.13. The molecule has 0 saturated heterocycles. The second-order valence-electron chi connectivity index (χ2n) is 4.69. The molecule has 1 aromatic rings. The molecule has 2 amide bonds. The molecule has 1 unspecified atom stereocenters. The van der Waals surface area contributed by atoms with Gasteiger partial charge in [0.25, 0.3) is 0 Å². The van der Waals surface area contributed by atoms with Crippen LogP contribution in [-0.4, -0.2) is 17.1 Å². The van der Waals surface area contributed by atoms with E-state index < -0.39 is 0 Å². The van der Waals surface area contributed by atoms with Crippen LogP contribution in [0.25, 0.3) is 0 Å². The van der Waals surface area contributed by atoms with E-state index in [9.17, 15) is 4.79 Å². The van der Waals surface area contributed by atoms with E-state index in [4.69, 9.17) is 18.0 Å². The molecule has 1 aromatic carbocycles. The summed E-state index contributed by atoms with van der Waals surface area (Å²) in [6.07, 6.45) is 2.15. The van der Waals surface area contributed by atoms with Crippen molar-refractivity contribution in [3.05, 3.63) is 29.8 Å². The summed E-state index contributed by atoms with van der Waals surface area (Å²) in [5, 5.41) is 5.62. The molecule has 18 heavy (non-hydrogen) atoms. The van der Waals surface area contributed by atoms with E-state index >= 15 is 0 Å². The van der Waals surface area contributed by atoms with Crippen LogP contribution in [0, 0.1) is 12.8 Å². The minimum absolute atomic E-state index is 0.190. The lowest BCUT2D eigenvalue weighted by Gasteiger charge is -2.17. The van der Waals surface area contributed by atoms with Gasteiger partial charge in [0.05, 0.1) is 11.0 Å². The molecule has 0 radical (unpaired) electrons. The van der Waals surface area contributed by atoms with Crippen LogP contribution in [0.1, 0.15) is 18.4 Å². The van der Waals surface area contributed by atoms with E-state index in [0.29, 0.717) is 10.9 Å². The summed E-state index contributed by atoms with van der Waals surface area (Å²) in [6, 6.07) is 7.18. The summed E-state index contributed by atoms with van der Waals surface area (Å²) in [6.45, 7) is 1.98. The number of urea groups is 1. The molecule has 96 valence electrons. The van der Waals surface area contributed by atoms with Crippen molar-refractivity contribution in [3.8, 4) is 0 Å². The first-order valence-corrected chi connectivity index (χ1v) is 6.40. The first-order valence-electron chi connectivity index (χ1n) is 6.00. The molecule has 0 aliphatic heterocycles. The molecular formula is C13H17N3OS. The standard InChI is InChI=1S/C13H17N3OS/c1-8-3-2-4-10(7-8)15-13(17)16-11(12(14)18)9-5-6-9/h2-4,7,9,11H,5-6H2,1H3,(H2,14,18)(H2,15,16,17). The minimum atomic E-state index is -0.259. The lowest BCUT2D eigenvalue weighted by molar-refractivity contribution is 0.250. The number of carbonyl (C=O) groups is 1. The largest absolute Gasteiger partial charge is 0.392 e. The Morgan fingerprint density at radius 3 is 2.78 bits per heavy atom. The number of benzene rings is 1. The second-order valence-corrected chi connectivity index (χ2v) is 5.16. The van der Waals surface area contributed by atoms with Crippen LogP contribution in [0.2, 0.25) is 0 Å². The van der Waals surface area contributed by atoms with Crippen LogP contribution in [-0.2, 0) is 0 Å². The normalized spacial score (nSPS) is 15.8. The molecule has 1 atom stereocenters. The second kappa shape index (κ2) is 5.35. The first-order chi connectivity index (χ1) is 8.56. The highest BCUT2D eigenvalue weighted by Gasteiger charge is 2.34. The van der Waals surface area contributed by atoms with Crippen LogP contribution < -0.4 is 16.4 Å². The highest BCUT2D eigenvalue weighted by atomic mass is 32.1. The molecule has 5 heteroatoms. The highest BCUT2D eigenvalue weighted by molar-refractivity contribution is 7.80. The molecular weight excluding hydrogens is 246 g/mol. The quantitative estimate of drug-likeness (QED) is 0.729. The summed E-state index contributed by atoms with van der Waals surface area (Å²) < 4.78 is 0. The van der Waals surface area contributed by atoms with Gasteiger partial charge >= 0.3 is 6.03 Å². The van der Waals surface area contributed by atoms with E-state index in [1.54, 1.807) is 0 Å². The van der Waals surface area contributed by atoms with Crippen molar-refractivity contribution < 1.29 is 4.79 Å². The van der Waals surface area contributed by atoms with Crippen LogP contribution in [0.5, 0.6) is 0 Å². The van der Waals surface area contributed by atoms with Gasteiger partial charge in [0.1, 0.15) is 0 Å². The van der Waals surface area contributed by atoms with Gasteiger partial charge < -0.3 is 16.4 Å². The zero-order chi connectivity index (χ0) is 13.1. The number of hydrogen-bond donors (Lipinski definition) is 3. The third-order valence-corrected chi connectivity index (χ3v) is 3.22. The van der Waals surface area contributed by atoms with Crippen molar-refractivity contribution in [1.82, 2.24) is 5.32 Å². The predicted molar refractivity (Wildman–Crippen MR) is 76.6 cm³/mol. The Labute approximate surface area is 112 Å². The van der Waals surface area contributed by atoms with Crippen LogP contribution in [0.3, 0.4) is 0 Å². The van der Waals surface area contributed by atoms with Crippen molar-refractivity contribution in [2.45, 2.75) is 25.8 Å². The third kappa shape index (κ3) is 3.43. The fourth-order valence-electron chi connectivity index (χ4n) is 1.88. The van der Waals surface area contributed by atoms with Crippen LogP contribution in [0.4, 0.5) is 10.5 Å². The Morgan fingerprint density at radius 2 is 2.22 bits per heavy atom. The summed E-state index contributed by atoms with van der Waals surface area (Å²) in [4.78, 5) is 12.2. The maximum Gasteiger partial charge on any atom is 0.319 e. The molecule has 2 rings (SSSR count). The number of anilines is 1. The monoisotopic (exact) mass is 263 g/mol. The summed E-state index contributed by atoms with van der Waals surface area (Å²) in [5.41, 5.74) is 7.50. The van der Waals surface area contributed by atoms with Gasteiger partial charge in [0.2, 0.25) is 0 Å². The van der Waals surface area contributed by atoms with Crippen molar-refractivity contribution in [1.29, 1.82) is 0 Å². The fraction of sp³-hybridized carbons (Fsp3) is 0.385. The van der Waals surface area contributed by atoms with Gasteiger partial charge in [-0.25, -0.2) is 4.79 Å². The average Bonchev–Trinajstić information content (AvgIpc) is 3.09. The number of rotatable bonds is 4. The third-order valence-electron chi connectivity index (χ3n) is 2.96. The van der Waals surface area contributed by atoms with Gasteiger partial charge in [-0.3, -0.25) is 0 Å². The van der Waals surface area contributed by atoms with Gasteiger partial charge in [0, 0.05) is 5.69 Å². The van der Waals surface area contributed by atoms with E-state index in [0.717, 1.165) is 24.1 Å². The zero-order valence-corrected chi connectivity index (χ0v) is 11.1. The molecule has 0 spiro atoms. The number of carbonyl (C=O) groups excluding carboxylic acids is 1. The maximum atomic E-state index is 11.8. The van der Waals surface area contributed by atoms with Crippen molar-refractivity contribution >= 4 is 28.9 Å². The van der Waals surface area contributed by atoms with Gasteiger partial charge in [0.15, 0.2) is 0 Å². The van der Waals surface area contributed by atoms with Gasteiger partial charge in [-0.1, -0.05) is 24.4 Å². The lowest BCUT2D eigenvalue weighted by atomic mass is 10.2. The Bertz CT molecular complexity index is 471. The number of aryl methyl sites for hydroxylation is 1. The molecule has 1 saturated carbocycles. The Kier molecular flexibility index (Phi) is 3.81. The first kappa shape index (κ1) is 12.8. The van der Waals surface area contributed by atoms with Gasteiger partial charge in [-0.05, 0) is 43.4 Å². The maximum absolute atomic E-state index is 11.8. The van der Waals surface area contributed by atoms with Crippen molar-refractivity contribution in [3.63, 3.8) is 0 Å². The molecule has 1 aliphatic rings. The van der Waals surface area contributed by atoms with Crippen molar-refractivity contribution in [2.24, 2.45) is 11.7 Å². The summed E-state index contributed by atoms with van der Waals surface area (Å²) >= 11 is 4.97. The lowest BCUT2D eigenvalue weighted by Crippen LogP contribution is -2.46. The SMILES string of the molecule is Cc1cccc(NC(=O)NC(C(N)=S)C2CC2)c1. The zero-order valence-electron chi connectivity index (χ0n) is 10.3. The van der Waals surface area contributed by atoms with Crippen LogP contribution in [0.15, 0.2) is 24.3 Å². The molecule has 4 nitrogen and oxygen atoms in total. The molecule has 1 aliphatic carbocycles. The minimum Gasteiger partial charge on any atom is -0.392 e. The Balaban J connectivity index is 1.93. The van der Waals surface area contributed by atoms with E-state index in [-0.39, 0.29) is 12.1 Å². The van der Waals surface area contributed by atoms with Crippen LogP contribution >= 0.6 is 12.2 Å². The Hall–Kier alpha value is -1.62. The molecule has 1 fully saturated rings. The molecule has 0 aromatic heterocycles. The summed E-state index contributed by atoms with van der Waals surface area (Å²) in [5.74, 6) is 0.408. The molecule has 0 heterocycles. The smallest absolute Gasteiger partial charge is 0.319 e. The Morgan fingerprint density at radius 1 is 1.50 bits per heavy atom. The highest BCUT2D eigenvalue weighted by Crippen LogP contribution is 2.32. The number of amides is 2. The van der Waals surface area contributed by atoms with Gasteiger partial charge in [-0.2, -0.15) is 0 Å². The number of hydrogen-bond acceptors (Lipinski definition) is 2. The summed E-state index contributed by atoms with van der Waals surface area (Å²) in [7, 11) is 0. The van der Waals surface area contributed by atoms with Crippen molar-refractivity contribution in [2.75, 3.05) is 5.32 Å². The van der Waals surface area contributed by atoms with E-state index in [1.807, 2.05) is 31.2 Å². The predicted octanol–water partition coefficient (Wildman–Crippen LogP) is 2.18.